The van der Waals surface area contributed by atoms with Crippen LogP contribution in [0.1, 0.15) is 26.3 Å². The van der Waals surface area contributed by atoms with Gasteiger partial charge in [0.1, 0.15) is 0 Å². The summed E-state index contributed by atoms with van der Waals surface area (Å²) >= 11 is 0. The molecule has 0 aliphatic rings. The minimum absolute atomic E-state index is 0.0544. The first-order valence-corrected chi connectivity index (χ1v) is 10.4. The molecule has 7 heteroatoms. The van der Waals surface area contributed by atoms with Crippen molar-refractivity contribution in [2.45, 2.75) is 6.92 Å². The van der Waals surface area contributed by atoms with E-state index in [4.69, 9.17) is 5.73 Å². The van der Waals surface area contributed by atoms with Gasteiger partial charge in [0.25, 0.3) is 11.8 Å². The van der Waals surface area contributed by atoms with Gasteiger partial charge in [-0.3, -0.25) is 14.6 Å². The number of likely N-dealkylation sites (N-methyl/N-ethyl adjacent to an activating group) is 2. The average Bonchev–Trinajstić information content (AvgIpc) is 2.78. The van der Waals surface area contributed by atoms with E-state index in [1.807, 2.05) is 56.3 Å². The van der Waals surface area contributed by atoms with Gasteiger partial charge in [0.2, 0.25) is 0 Å². The number of rotatable bonds is 7. The maximum Gasteiger partial charge on any atom is 0.255 e. The van der Waals surface area contributed by atoms with Crippen molar-refractivity contribution in [3.8, 4) is 11.3 Å². The van der Waals surface area contributed by atoms with E-state index in [0.29, 0.717) is 29.0 Å². The molecule has 1 aromatic heterocycles. The number of amides is 2. The minimum atomic E-state index is -0.235. The predicted octanol–water partition coefficient (Wildman–Crippen LogP) is 3.53. The van der Waals surface area contributed by atoms with Gasteiger partial charge in [0.15, 0.2) is 0 Å². The van der Waals surface area contributed by atoms with Crippen molar-refractivity contribution >= 4 is 23.2 Å². The summed E-state index contributed by atoms with van der Waals surface area (Å²) in [5.41, 5.74) is 10.6. The number of hydrogen-bond acceptors (Lipinski definition) is 5. The molecular weight excluding hydrogens is 402 g/mol. The molecule has 0 unspecified atom stereocenters. The van der Waals surface area contributed by atoms with Crippen LogP contribution in [0, 0.1) is 6.92 Å². The minimum Gasteiger partial charge on any atom is -0.397 e. The van der Waals surface area contributed by atoms with Crippen molar-refractivity contribution in [3.63, 3.8) is 0 Å². The van der Waals surface area contributed by atoms with Crippen LogP contribution < -0.4 is 11.1 Å². The van der Waals surface area contributed by atoms with E-state index in [0.717, 1.165) is 23.4 Å². The van der Waals surface area contributed by atoms with E-state index in [-0.39, 0.29) is 11.8 Å². The van der Waals surface area contributed by atoms with Gasteiger partial charge in [0.05, 0.1) is 22.6 Å². The number of aromatic nitrogens is 1. The van der Waals surface area contributed by atoms with E-state index < -0.39 is 0 Å². The fourth-order valence-electron chi connectivity index (χ4n) is 3.25. The average molecular weight is 432 g/mol. The quantitative estimate of drug-likeness (QED) is 0.559. The van der Waals surface area contributed by atoms with E-state index in [9.17, 15) is 9.59 Å². The van der Waals surface area contributed by atoms with E-state index >= 15 is 0 Å². The fraction of sp³-hybridized carbons (Fsp3) is 0.240. The number of para-hydroxylation sites is 2. The highest BCUT2D eigenvalue weighted by molar-refractivity contribution is 6.06. The molecule has 3 N–H and O–H groups in total. The van der Waals surface area contributed by atoms with Crippen LogP contribution in [0.3, 0.4) is 0 Å². The lowest BCUT2D eigenvalue weighted by atomic mass is 10.0. The van der Waals surface area contributed by atoms with Crippen LogP contribution in [0.25, 0.3) is 11.3 Å². The molecule has 1 heterocycles. The Morgan fingerprint density at radius 3 is 2.28 bits per heavy atom. The fourth-order valence-corrected chi connectivity index (χ4v) is 3.25. The Balaban J connectivity index is 1.72. The molecule has 0 fully saturated rings. The normalized spacial score (nSPS) is 10.8. The molecule has 0 saturated carbocycles. The first kappa shape index (κ1) is 23.0. The predicted molar refractivity (Wildman–Crippen MR) is 129 cm³/mol. The standard InChI is InChI=1S/C25H29N5O2/c1-17-15-20(25(32)30(4)14-13-29(2)3)16-27-23(17)18-9-11-19(12-10-18)24(31)28-22-8-6-5-7-21(22)26/h5-12,15-16H,13-14,26H2,1-4H3,(H,28,31). The third-order valence-electron chi connectivity index (χ3n) is 5.18. The zero-order valence-electron chi connectivity index (χ0n) is 18.9. The lowest BCUT2D eigenvalue weighted by molar-refractivity contribution is 0.0785. The number of aryl methyl sites for hydroxylation is 1. The Bertz CT molecular complexity index is 1110. The number of nitrogens with zero attached hydrogens (tertiary/aromatic N) is 3. The molecule has 0 bridgehead atoms. The van der Waals surface area contributed by atoms with Crippen LogP contribution in [-0.2, 0) is 0 Å². The summed E-state index contributed by atoms with van der Waals surface area (Å²) in [7, 11) is 5.75. The van der Waals surface area contributed by atoms with Crippen LogP contribution in [0.2, 0.25) is 0 Å². The first-order valence-electron chi connectivity index (χ1n) is 10.4. The molecule has 0 spiro atoms. The number of nitrogen functional groups attached to an aromatic ring is 1. The van der Waals surface area contributed by atoms with Crippen LogP contribution in [0.15, 0.2) is 60.8 Å². The van der Waals surface area contributed by atoms with Crippen molar-refractivity contribution in [1.29, 1.82) is 0 Å². The van der Waals surface area contributed by atoms with Crippen molar-refractivity contribution < 1.29 is 9.59 Å². The second kappa shape index (κ2) is 10.1. The Hall–Kier alpha value is -3.71. The van der Waals surface area contributed by atoms with Gasteiger partial charge in [-0.2, -0.15) is 0 Å². The molecule has 0 aliphatic heterocycles. The smallest absolute Gasteiger partial charge is 0.255 e. The van der Waals surface area contributed by atoms with Gasteiger partial charge in [-0.05, 0) is 56.9 Å². The SMILES string of the molecule is Cc1cc(C(=O)N(C)CCN(C)C)cnc1-c1ccc(C(=O)Nc2ccccc2N)cc1. The Labute approximate surface area is 188 Å². The summed E-state index contributed by atoms with van der Waals surface area (Å²) in [5.74, 6) is -0.290. The Morgan fingerprint density at radius 2 is 1.66 bits per heavy atom. The molecule has 7 nitrogen and oxygen atoms in total. The molecule has 3 aromatic rings. The molecule has 0 aliphatic carbocycles. The molecule has 0 saturated heterocycles. The second-order valence-corrected chi connectivity index (χ2v) is 8.04. The monoisotopic (exact) mass is 431 g/mol. The van der Waals surface area contributed by atoms with Gasteiger partial charge in [-0.1, -0.05) is 24.3 Å². The summed E-state index contributed by atoms with van der Waals surface area (Å²) in [5, 5.41) is 2.82. The zero-order valence-corrected chi connectivity index (χ0v) is 18.9. The second-order valence-electron chi connectivity index (χ2n) is 8.04. The van der Waals surface area contributed by atoms with E-state index in [1.165, 1.54) is 0 Å². The molecular formula is C25H29N5O2. The summed E-state index contributed by atoms with van der Waals surface area (Å²) in [4.78, 5) is 33.5. The molecule has 3 rings (SSSR count). The Kier molecular flexibility index (Phi) is 7.22. The highest BCUT2D eigenvalue weighted by Crippen LogP contribution is 2.23. The summed E-state index contributed by atoms with van der Waals surface area (Å²) in [6.07, 6.45) is 1.61. The van der Waals surface area contributed by atoms with Gasteiger partial charge in [-0.25, -0.2) is 0 Å². The van der Waals surface area contributed by atoms with Gasteiger partial charge in [0, 0.05) is 37.5 Å². The van der Waals surface area contributed by atoms with Gasteiger partial charge >= 0.3 is 0 Å². The van der Waals surface area contributed by atoms with Gasteiger partial charge < -0.3 is 20.9 Å². The largest absolute Gasteiger partial charge is 0.397 e. The van der Waals surface area contributed by atoms with Crippen molar-refractivity contribution in [2.75, 3.05) is 45.3 Å². The van der Waals surface area contributed by atoms with Crippen molar-refractivity contribution in [3.05, 3.63) is 77.5 Å². The molecule has 32 heavy (non-hydrogen) atoms. The topological polar surface area (TPSA) is 91.6 Å². The number of anilines is 2. The van der Waals surface area contributed by atoms with Crippen LogP contribution >= 0.6 is 0 Å². The molecule has 0 atom stereocenters. The van der Waals surface area contributed by atoms with Crippen molar-refractivity contribution in [1.82, 2.24) is 14.8 Å². The van der Waals surface area contributed by atoms with E-state index in [1.54, 1.807) is 42.4 Å². The summed E-state index contributed by atoms with van der Waals surface area (Å²) in [6.45, 7) is 3.37. The highest BCUT2D eigenvalue weighted by atomic mass is 16.2. The van der Waals surface area contributed by atoms with Crippen LogP contribution in [0.5, 0.6) is 0 Å². The van der Waals surface area contributed by atoms with Crippen LogP contribution in [0.4, 0.5) is 11.4 Å². The number of hydrogen-bond donors (Lipinski definition) is 2. The van der Waals surface area contributed by atoms with E-state index in [2.05, 4.69) is 10.3 Å². The lowest BCUT2D eigenvalue weighted by Gasteiger charge is -2.20. The maximum absolute atomic E-state index is 12.7. The highest BCUT2D eigenvalue weighted by Gasteiger charge is 2.15. The van der Waals surface area contributed by atoms with Gasteiger partial charge in [-0.15, -0.1) is 0 Å². The van der Waals surface area contributed by atoms with Crippen LogP contribution in [-0.4, -0.2) is 60.8 Å². The number of carbonyl (C=O) groups is 2. The first-order chi connectivity index (χ1) is 15.3. The molecule has 0 radical (unpaired) electrons. The maximum atomic E-state index is 12.7. The number of nitrogens with two attached hydrogens (primary N) is 1. The third-order valence-corrected chi connectivity index (χ3v) is 5.18. The number of benzene rings is 2. The number of carbonyl (C=O) groups excluding carboxylic acids is 2. The zero-order chi connectivity index (χ0) is 23.3. The molecule has 166 valence electrons. The third kappa shape index (κ3) is 5.50. The summed E-state index contributed by atoms with van der Waals surface area (Å²) in [6, 6.07) is 16.2. The van der Waals surface area contributed by atoms with Crippen molar-refractivity contribution in [2.24, 2.45) is 0 Å². The Morgan fingerprint density at radius 1 is 0.969 bits per heavy atom. The lowest BCUT2D eigenvalue weighted by Crippen LogP contribution is -2.33. The summed E-state index contributed by atoms with van der Waals surface area (Å²) < 4.78 is 0. The molecule has 2 aromatic carbocycles. The number of nitrogens with one attached hydrogen (secondary N) is 1. The molecule has 2 amide bonds. The number of pyridine rings is 1.